The van der Waals surface area contributed by atoms with Crippen molar-refractivity contribution in [3.05, 3.63) is 67.7 Å². The number of aliphatic hydroxyl groups excluding tert-OH is 2. The van der Waals surface area contributed by atoms with Crippen LogP contribution in [0.1, 0.15) is 34.1 Å². The highest BCUT2D eigenvalue weighted by Gasteiger charge is 2.36. The average Bonchev–Trinajstić information content (AvgIpc) is 3.20. The molecule has 0 bridgehead atoms. The molecule has 36 heavy (non-hydrogen) atoms. The zero-order valence-electron chi connectivity index (χ0n) is 19.1. The van der Waals surface area contributed by atoms with Gasteiger partial charge in [-0.05, 0) is 25.1 Å². The number of rotatable bonds is 9. The lowest BCUT2D eigenvalue weighted by Gasteiger charge is -2.17. The van der Waals surface area contributed by atoms with E-state index in [1.165, 1.54) is 13.1 Å². The maximum atomic E-state index is 13.4. The van der Waals surface area contributed by atoms with Gasteiger partial charge in [-0.1, -0.05) is 0 Å². The number of aromatic nitrogens is 2. The van der Waals surface area contributed by atoms with Crippen molar-refractivity contribution in [1.82, 2.24) is 14.5 Å². The van der Waals surface area contributed by atoms with Crippen LogP contribution in [0.2, 0.25) is 0 Å². The number of hydrogen-bond donors (Lipinski definition) is 3. The topological polar surface area (TPSA) is 132 Å². The fourth-order valence-electron chi connectivity index (χ4n) is 3.69. The first-order chi connectivity index (χ1) is 16.9. The van der Waals surface area contributed by atoms with Crippen LogP contribution in [-0.4, -0.2) is 63.8 Å². The Morgan fingerprint density at radius 3 is 2.64 bits per heavy atom. The van der Waals surface area contributed by atoms with Gasteiger partial charge in [0, 0.05) is 30.3 Å². The van der Waals surface area contributed by atoms with Crippen molar-refractivity contribution >= 4 is 5.91 Å². The quantitative estimate of drug-likeness (QED) is 0.327. The second-order valence-electron chi connectivity index (χ2n) is 8.13. The molecule has 1 aliphatic heterocycles. The zero-order chi connectivity index (χ0) is 26.6. The third kappa shape index (κ3) is 6.19. The van der Waals surface area contributed by atoms with E-state index in [9.17, 15) is 42.2 Å². The summed E-state index contributed by atoms with van der Waals surface area (Å²) in [6, 6.07) is 1.89. The molecule has 198 valence electrons. The summed E-state index contributed by atoms with van der Waals surface area (Å²) < 4.78 is 64.6. The summed E-state index contributed by atoms with van der Waals surface area (Å²) in [5, 5.41) is 21.5. The van der Waals surface area contributed by atoms with Crippen molar-refractivity contribution in [2.75, 3.05) is 26.4 Å². The maximum absolute atomic E-state index is 13.4. The molecule has 10 nitrogen and oxygen atoms in total. The van der Waals surface area contributed by atoms with Crippen molar-refractivity contribution < 1.29 is 42.0 Å². The summed E-state index contributed by atoms with van der Waals surface area (Å²) in [4.78, 5) is 37.3. The molecule has 0 unspecified atom stereocenters. The number of nitrogens with one attached hydrogen (secondary N) is 1. The first-order valence-corrected chi connectivity index (χ1v) is 10.9. The summed E-state index contributed by atoms with van der Waals surface area (Å²) in [6.07, 6.45) is -6.26. The van der Waals surface area contributed by atoms with Gasteiger partial charge in [-0.3, -0.25) is 18.7 Å². The number of ether oxygens (including phenoxy) is 2. The first kappa shape index (κ1) is 27.5. The molecule has 1 fully saturated rings. The molecule has 1 saturated heterocycles. The Morgan fingerprint density at radius 2 is 2.00 bits per heavy atom. The van der Waals surface area contributed by atoms with E-state index in [0.717, 1.165) is 15.2 Å². The largest absolute Gasteiger partial charge is 0.419 e. The zero-order valence-corrected chi connectivity index (χ0v) is 19.1. The predicted octanol–water partition coefficient (Wildman–Crippen LogP) is 0.564. The fourth-order valence-corrected chi connectivity index (χ4v) is 3.69. The van der Waals surface area contributed by atoms with Gasteiger partial charge in [0.15, 0.2) is 0 Å². The van der Waals surface area contributed by atoms with E-state index in [-0.39, 0.29) is 43.9 Å². The fraction of sp³-hybridized carbons (Fsp3) is 0.500. The van der Waals surface area contributed by atoms with Gasteiger partial charge in [0.25, 0.3) is 11.5 Å². The van der Waals surface area contributed by atoms with Gasteiger partial charge in [-0.2, -0.15) is 13.2 Å². The number of halogens is 4. The second kappa shape index (κ2) is 11.3. The Labute approximate surface area is 201 Å². The molecule has 1 aliphatic rings. The van der Waals surface area contributed by atoms with Gasteiger partial charge < -0.3 is 25.0 Å². The monoisotopic (exact) mass is 518 g/mol. The Balaban J connectivity index is 1.54. The SMILES string of the molecule is Cc1cn([C@H]2C[C@H](O)[C@@H](CO)O2)c(=O)n(CCOCCNC(=O)c2ccc([18F])c(C(F)(F)F)c2)c1=O. The number of carbonyl (C=O) groups is 1. The van der Waals surface area contributed by atoms with Gasteiger partial charge in [0.2, 0.25) is 0 Å². The van der Waals surface area contributed by atoms with Crippen molar-refractivity contribution in [2.45, 2.75) is 44.5 Å². The van der Waals surface area contributed by atoms with Crippen LogP contribution in [0.25, 0.3) is 0 Å². The lowest BCUT2D eigenvalue weighted by atomic mass is 10.1. The number of aliphatic hydroxyl groups is 2. The van der Waals surface area contributed by atoms with E-state index in [4.69, 9.17) is 9.47 Å². The third-order valence-electron chi connectivity index (χ3n) is 5.59. The van der Waals surface area contributed by atoms with Crippen LogP contribution in [0.4, 0.5) is 17.6 Å². The van der Waals surface area contributed by atoms with E-state index in [1.807, 2.05) is 0 Å². The molecule has 0 radical (unpaired) electrons. The molecule has 1 aromatic heterocycles. The van der Waals surface area contributed by atoms with Crippen LogP contribution >= 0.6 is 0 Å². The number of alkyl halides is 3. The minimum absolute atomic E-state index is 0.0531. The molecule has 2 heterocycles. The summed E-state index contributed by atoms with van der Waals surface area (Å²) in [6.45, 7) is 0.653. The number of aryl methyl sites for hydroxylation is 1. The second-order valence-corrected chi connectivity index (χ2v) is 8.13. The molecule has 1 aromatic carbocycles. The third-order valence-corrected chi connectivity index (χ3v) is 5.59. The van der Waals surface area contributed by atoms with E-state index in [0.29, 0.717) is 12.1 Å². The van der Waals surface area contributed by atoms with Crippen molar-refractivity contribution in [3.63, 3.8) is 0 Å². The lowest BCUT2D eigenvalue weighted by Crippen LogP contribution is -2.43. The van der Waals surface area contributed by atoms with E-state index < -0.39 is 59.8 Å². The van der Waals surface area contributed by atoms with Gasteiger partial charge in [0.1, 0.15) is 18.1 Å². The molecule has 14 heteroatoms. The Morgan fingerprint density at radius 1 is 1.28 bits per heavy atom. The maximum Gasteiger partial charge on any atom is 0.419 e. The van der Waals surface area contributed by atoms with Gasteiger partial charge in [-0.25, -0.2) is 9.18 Å². The van der Waals surface area contributed by atoms with Crippen LogP contribution in [0, 0.1) is 12.7 Å². The van der Waals surface area contributed by atoms with Crippen LogP contribution in [0.3, 0.4) is 0 Å². The molecule has 1 amide bonds. The number of carbonyl (C=O) groups excluding carboxylic acids is 1. The standard InChI is InChI=1S/C22H25F4N3O7/c1-12-10-29(18-9-16(31)17(11-30)36-18)21(34)28(20(12)33)5-7-35-6-4-27-19(32)13-2-3-15(23)14(8-13)22(24,25)26/h2-3,8,10,16-18,30-31H,4-7,9,11H2,1H3,(H,27,32)/t16-,17+,18+/m0/s1/i23-1. The van der Waals surface area contributed by atoms with E-state index in [1.54, 1.807) is 0 Å². The van der Waals surface area contributed by atoms with Crippen molar-refractivity contribution in [2.24, 2.45) is 0 Å². The Kier molecular flexibility index (Phi) is 8.66. The van der Waals surface area contributed by atoms with Crippen LogP contribution in [0.5, 0.6) is 0 Å². The molecule has 0 aliphatic carbocycles. The Hall–Kier alpha value is -3.07. The number of hydrogen-bond acceptors (Lipinski definition) is 7. The minimum atomic E-state index is -4.94. The highest BCUT2D eigenvalue weighted by atomic mass is 19.4. The summed E-state index contributed by atoms with van der Waals surface area (Å²) in [5.41, 5.74) is -2.94. The highest BCUT2D eigenvalue weighted by molar-refractivity contribution is 5.94. The summed E-state index contributed by atoms with van der Waals surface area (Å²) in [5.74, 6) is -2.35. The average molecular weight is 518 g/mol. The molecule has 3 rings (SSSR count). The molecular weight excluding hydrogens is 493 g/mol. The molecule has 0 spiro atoms. The summed E-state index contributed by atoms with van der Waals surface area (Å²) in [7, 11) is 0. The highest BCUT2D eigenvalue weighted by Crippen LogP contribution is 2.32. The van der Waals surface area contributed by atoms with Crippen molar-refractivity contribution in [1.29, 1.82) is 0 Å². The van der Waals surface area contributed by atoms with E-state index >= 15 is 0 Å². The summed E-state index contributed by atoms with van der Waals surface area (Å²) >= 11 is 0. The number of amides is 1. The molecule has 3 atom stereocenters. The first-order valence-electron chi connectivity index (χ1n) is 10.9. The predicted molar refractivity (Wildman–Crippen MR) is 116 cm³/mol. The number of nitrogens with zero attached hydrogens (tertiary/aromatic N) is 2. The molecular formula is C22H25F4N3O7. The van der Waals surface area contributed by atoms with Crippen LogP contribution < -0.4 is 16.6 Å². The van der Waals surface area contributed by atoms with Crippen LogP contribution in [0.15, 0.2) is 34.0 Å². The normalized spacial score (nSPS) is 20.0. The molecule has 2 aromatic rings. The molecule has 3 N–H and O–H groups in total. The van der Waals surface area contributed by atoms with Gasteiger partial charge >= 0.3 is 11.9 Å². The Bertz CT molecular complexity index is 1210. The van der Waals surface area contributed by atoms with Crippen LogP contribution in [-0.2, 0) is 22.2 Å². The smallest absolute Gasteiger partial charge is 0.394 e. The van der Waals surface area contributed by atoms with E-state index in [2.05, 4.69) is 5.32 Å². The van der Waals surface area contributed by atoms with Gasteiger partial charge in [0.05, 0.1) is 38.0 Å². The minimum Gasteiger partial charge on any atom is -0.394 e. The molecule has 0 saturated carbocycles. The number of benzene rings is 1. The lowest BCUT2D eigenvalue weighted by molar-refractivity contribution is -0.140. The van der Waals surface area contributed by atoms with Gasteiger partial charge in [-0.15, -0.1) is 0 Å². The van der Waals surface area contributed by atoms with Crippen molar-refractivity contribution in [3.8, 4) is 0 Å².